The molecule has 0 saturated carbocycles. The minimum absolute atomic E-state index is 0.0819. The number of aromatic nitrogens is 1. The van der Waals surface area contributed by atoms with E-state index in [0.29, 0.717) is 29.8 Å². The second kappa shape index (κ2) is 8.82. The molecule has 2 N–H and O–H groups in total. The summed E-state index contributed by atoms with van der Waals surface area (Å²) in [6, 6.07) is 6.71. The third kappa shape index (κ3) is 3.50. The van der Waals surface area contributed by atoms with Crippen molar-refractivity contribution in [2.45, 2.75) is 51.3 Å². The molecule has 0 radical (unpaired) electrons. The van der Waals surface area contributed by atoms with Crippen LogP contribution in [0.2, 0.25) is 0 Å². The average Bonchev–Trinajstić information content (AvgIpc) is 3.19. The SMILES string of the molecule is CCCCCCc1c(O)ccc2c1OC1(C2=O)C(NCc2ccncc2)=C(Cl)C(=O)N1C. The molecule has 0 bridgehead atoms. The van der Waals surface area contributed by atoms with E-state index >= 15 is 0 Å². The van der Waals surface area contributed by atoms with E-state index in [4.69, 9.17) is 16.3 Å². The smallest absolute Gasteiger partial charge is 0.291 e. The van der Waals surface area contributed by atoms with Gasteiger partial charge in [-0.3, -0.25) is 19.5 Å². The highest BCUT2D eigenvalue weighted by Gasteiger charge is 2.62. The van der Waals surface area contributed by atoms with Crippen LogP contribution in [-0.4, -0.2) is 39.5 Å². The van der Waals surface area contributed by atoms with Gasteiger partial charge in [0.05, 0.1) is 5.56 Å². The zero-order valence-electron chi connectivity index (χ0n) is 18.2. The molecule has 0 saturated heterocycles. The Labute approximate surface area is 192 Å². The summed E-state index contributed by atoms with van der Waals surface area (Å²) in [4.78, 5) is 31.6. The number of amides is 1. The van der Waals surface area contributed by atoms with Crippen LogP contribution in [0.1, 0.15) is 54.1 Å². The van der Waals surface area contributed by atoms with Crippen molar-refractivity contribution in [3.8, 4) is 11.5 Å². The number of Topliss-reactive ketones (excluding diaryl/α,β-unsaturated/α-hetero) is 1. The fourth-order valence-electron chi connectivity index (χ4n) is 4.25. The number of pyridine rings is 1. The number of aromatic hydroxyl groups is 1. The zero-order chi connectivity index (χ0) is 22.9. The maximum Gasteiger partial charge on any atom is 0.291 e. The molecular formula is C24H26ClN3O4. The van der Waals surface area contributed by atoms with Gasteiger partial charge in [-0.25, -0.2) is 0 Å². The highest BCUT2D eigenvalue weighted by atomic mass is 35.5. The van der Waals surface area contributed by atoms with Crippen LogP contribution in [0, 0.1) is 0 Å². The van der Waals surface area contributed by atoms with Crippen LogP contribution in [0.3, 0.4) is 0 Å². The number of halogens is 1. The molecule has 1 amide bonds. The second-order valence-electron chi connectivity index (χ2n) is 8.09. The van der Waals surface area contributed by atoms with Crippen molar-refractivity contribution in [3.05, 3.63) is 64.1 Å². The van der Waals surface area contributed by atoms with E-state index in [1.807, 2.05) is 12.1 Å². The number of ketones is 1. The summed E-state index contributed by atoms with van der Waals surface area (Å²) in [6.45, 7) is 2.46. The second-order valence-corrected chi connectivity index (χ2v) is 8.47. The van der Waals surface area contributed by atoms with E-state index in [1.54, 1.807) is 18.5 Å². The highest BCUT2D eigenvalue weighted by Crippen LogP contribution is 2.49. The number of carbonyl (C=O) groups is 2. The lowest BCUT2D eigenvalue weighted by Gasteiger charge is -2.32. The number of phenols is 1. The number of hydrogen-bond acceptors (Lipinski definition) is 6. The number of ether oxygens (including phenoxy) is 1. The topological polar surface area (TPSA) is 91.8 Å². The fraction of sp³-hybridized carbons (Fsp3) is 0.375. The maximum atomic E-state index is 13.6. The molecule has 1 spiro atoms. The number of phenolic OH excluding ortho intramolecular Hbond substituents is 1. The Bertz CT molecular complexity index is 1090. The van der Waals surface area contributed by atoms with E-state index in [9.17, 15) is 14.7 Å². The first kappa shape index (κ1) is 22.1. The fourth-order valence-corrected chi connectivity index (χ4v) is 4.57. The summed E-state index contributed by atoms with van der Waals surface area (Å²) in [5.41, 5.74) is 0.325. The average molecular weight is 456 g/mol. The van der Waals surface area contributed by atoms with Gasteiger partial charge in [0.25, 0.3) is 11.6 Å². The van der Waals surface area contributed by atoms with Crippen molar-refractivity contribution in [1.29, 1.82) is 0 Å². The van der Waals surface area contributed by atoms with Crippen LogP contribution < -0.4 is 10.1 Å². The summed E-state index contributed by atoms with van der Waals surface area (Å²) in [5.74, 6) is -0.482. The number of fused-ring (bicyclic) bond motifs is 1. The number of nitrogens with one attached hydrogen (secondary N) is 1. The van der Waals surface area contributed by atoms with Crippen molar-refractivity contribution in [1.82, 2.24) is 15.2 Å². The van der Waals surface area contributed by atoms with Gasteiger partial charge in [-0.15, -0.1) is 0 Å². The summed E-state index contributed by atoms with van der Waals surface area (Å²) in [6.07, 6.45) is 7.97. The summed E-state index contributed by atoms with van der Waals surface area (Å²) in [5, 5.41) is 13.6. The maximum absolute atomic E-state index is 13.6. The third-order valence-electron chi connectivity index (χ3n) is 6.06. The predicted molar refractivity (Wildman–Crippen MR) is 120 cm³/mol. The van der Waals surface area contributed by atoms with Gasteiger partial charge in [-0.05, 0) is 42.7 Å². The molecule has 2 aliphatic heterocycles. The molecule has 1 unspecified atom stereocenters. The van der Waals surface area contributed by atoms with Crippen LogP contribution in [0.15, 0.2) is 47.4 Å². The zero-order valence-corrected chi connectivity index (χ0v) is 18.9. The van der Waals surface area contributed by atoms with Crippen LogP contribution in [-0.2, 0) is 17.8 Å². The van der Waals surface area contributed by atoms with Gasteiger partial charge >= 0.3 is 0 Å². The summed E-state index contributed by atoms with van der Waals surface area (Å²) >= 11 is 6.39. The molecule has 8 heteroatoms. The third-order valence-corrected chi connectivity index (χ3v) is 6.41. The van der Waals surface area contributed by atoms with Crippen LogP contribution in [0.4, 0.5) is 0 Å². The van der Waals surface area contributed by atoms with Gasteiger partial charge in [0.2, 0.25) is 5.78 Å². The Balaban J connectivity index is 1.69. The largest absolute Gasteiger partial charge is 0.508 e. The van der Waals surface area contributed by atoms with Crippen molar-refractivity contribution < 1.29 is 19.4 Å². The van der Waals surface area contributed by atoms with Crippen LogP contribution >= 0.6 is 11.6 Å². The van der Waals surface area contributed by atoms with E-state index in [0.717, 1.165) is 31.2 Å². The first-order valence-corrected chi connectivity index (χ1v) is 11.2. The highest BCUT2D eigenvalue weighted by molar-refractivity contribution is 6.44. The van der Waals surface area contributed by atoms with E-state index in [1.165, 1.54) is 18.0 Å². The number of likely N-dealkylation sites (N-methyl/N-ethyl adjacent to an activating group) is 1. The van der Waals surface area contributed by atoms with E-state index < -0.39 is 11.6 Å². The number of nitrogens with zero attached hydrogens (tertiary/aromatic N) is 2. The molecular weight excluding hydrogens is 430 g/mol. The lowest BCUT2D eigenvalue weighted by atomic mass is 9.97. The molecule has 32 heavy (non-hydrogen) atoms. The van der Waals surface area contributed by atoms with Gasteiger partial charge < -0.3 is 15.2 Å². The lowest BCUT2D eigenvalue weighted by molar-refractivity contribution is -0.132. The number of unbranched alkanes of at least 4 members (excludes halogenated alkanes) is 3. The number of benzene rings is 1. The minimum Gasteiger partial charge on any atom is -0.508 e. The molecule has 7 nitrogen and oxygen atoms in total. The van der Waals surface area contributed by atoms with Gasteiger partial charge in [0.1, 0.15) is 22.2 Å². The Morgan fingerprint density at radius 1 is 1.16 bits per heavy atom. The molecule has 168 valence electrons. The molecule has 4 rings (SSSR count). The normalized spacial score (nSPS) is 19.7. The number of carbonyl (C=O) groups excluding carboxylic acids is 2. The minimum atomic E-state index is -1.71. The van der Waals surface area contributed by atoms with Crippen molar-refractivity contribution >= 4 is 23.3 Å². The molecule has 0 fully saturated rings. The van der Waals surface area contributed by atoms with Gasteiger partial charge in [-0.1, -0.05) is 37.8 Å². The van der Waals surface area contributed by atoms with Crippen LogP contribution in [0.5, 0.6) is 11.5 Å². The lowest BCUT2D eigenvalue weighted by Crippen LogP contribution is -2.56. The van der Waals surface area contributed by atoms with Crippen molar-refractivity contribution in [2.24, 2.45) is 0 Å². The Hall–Kier alpha value is -3.06. The quantitative estimate of drug-likeness (QED) is 0.587. The van der Waals surface area contributed by atoms with E-state index in [-0.39, 0.29) is 22.3 Å². The molecule has 1 aromatic heterocycles. The molecule has 0 aliphatic carbocycles. The van der Waals surface area contributed by atoms with E-state index in [2.05, 4.69) is 17.2 Å². The Kier molecular flexibility index (Phi) is 6.11. The number of rotatable bonds is 8. The first-order chi connectivity index (χ1) is 15.4. The molecule has 1 atom stereocenters. The molecule has 1 aromatic carbocycles. The molecule has 2 aliphatic rings. The predicted octanol–water partition coefficient (Wildman–Crippen LogP) is 3.89. The summed E-state index contributed by atoms with van der Waals surface area (Å²) < 4.78 is 6.27. The van der Waals surface area contributed by atoms with Gasteiger partial charge in [-0.2, -0.15) is 0 Å². The number of hydrogen-bond donors (Lipinski definition) is 2. The first-order valence-electron chi connectivity index (χ1n) is 10.8. The van der Waals surface area contributed by atoms with Gasteiger partial charge in [0.15, 0.2) is 0 Å². The summed E-state index contributed by atoms with van der Waals surface area (Å²) in [7, 11) is 1.50. The van der Waals surface area contributed by atoms with Crippen molar-refractivity contribution in [3.63, 3.8) is 0 Å². The molecule has 2 aromatic rings. The van der Waals surface area contributed by atoms with Crippen molar-refractivity contribution in [2.75, 3.05) is 7.05 Å². The van der Waals surface area contributed by atoms with Crippen LogP contribution in [0.25, 0.3) is 0 Å². The monoisotopic (exact) mass is 455 g/mol. The standard InChI is InChI=1S/C24H26ClN3O4/c1-3-4-5-6-7-16-18(29)9-8-17-20(16)32-24(22(17)30)21(19(25)23(31)28(24)2)27-14-15-10-12-26-13-11-15/h8-13,27,29H,3-7,14H2,1-2H3. The Morgan fingerprint density at radius 3 is 2.62 bits per heavy atom. The van der Waals surface area contributed by atoms with Gasteiger partial charge in [0, 0.05) is 31.5 Å². The Morgan fingerprint density at radius 2 is 1.91 bits per heavy atom. The molecule has 3 heterocycles.